The fourth-order valence-corrected chi connectivity index (χ4v) is 6.01. The molecule has 1 aliphatic rings. The molecule has 6 aromatic carbocycles. The number of fused-ring (bicyclic) bond motifs is 4. The highest BCUT2D eigenvalue weighted by atomic mass is 15.0. The minimum Gasteiger partial charge on any atom is -0.208 e. The van der Waals surface area contributed by atoms with Crippen molar-refractivity contribution in [2.75, 3.05) is 0 Å². The lowest BCUT2D eigenvalue weighted by Crippen LogP contribution is -2.01. The second kappa shape index (κ2) is 9.65. The first-order valence-electron chi connectivity index (χ1n) is 13.9. The molecular weight excluding hydrogens is 498 g/mol. The number of benzene rings is 6. The third-order valence-electron chi connectivity index (χ3n) is 7.99. The van der Waals surface area contributed by atoms with E-state index in [1.165, 1.54) is 38.6 Å². The first-order chi connectivity index (χ1) is 20.3. The summed E-state index contributed by atoms with van der Waals surface area (Å²) in [4.78, 5) is 14.7. The quantitative estimate of drug-likeness (QED) is 0.231. The zero-order valence-corrected chi connectivity index (χ0v) is 22.3. The normalized spacial score (nSPS) is 13.6. The summed E-state index contributed by atoms with van der Waals surface area (Å²) in [6.45, 7) is 0. The van der Waals surface area contributed by atoms with Crippen LogP contribution in [0.5, 0.6) is 0 Å². The third-order valence-corrected chi connectivity index (χ3v) is 7.99. The van der Waals surface area contributed by atoms with Crippen LogP contribution in [0.15, 0.2) is 146 Å². The molecule has 0 aliphatic heterocycles. The number of hydrogen-bond donors (Lipinski definition) is 0. The third kappa shape index (κ3) is 4.11. The van der Waals surface area contributed by atoms with E-state index < -0.39 is 0 Å². The summed E-state index contributed by atoms with van der Waals surface area (Å²) in [6, 6.07) is 51.1. The second-order valence-corrected chi connectivity index (χ2v) is 10.5. The van der Waals surface area contributed by atoms with E-state index in [0.29, 0.717) is 17.5 Å². The Morgan fingerprint density at radius 3 is 1.46 bits per heavy atom. The largest absolute Gasteiger partial charge is 0.208 e. The van der Waals surface area contributed by atoms with Gasteiger partial charge >= 0.3 is 0 Å². The van der Waals surface area contributed by atoms with E-state index >= 15 is 0 Å². The Balaban J connectivity index is 1.24. The van der Waals surface area contributed by atoms with Crippen LogP contribution in [0.1, 0.15) is 22.6 Å². The summed E-state index contributed by atoms with van der Waals surface area (Å²) in [5, 5.41) is 2.54. The molecule has 0 amide bonds. The van der Waals surface area contributed by atoms with E-state index in [4.69, 9.17) is 15.0 Å². The monoisotopic (exact) mass is 523 g/mol. The van der Waals surface area contributed by atoms with Crippen LogP contribution in [0.25, 0.3) is 56.1 Å². The van der Waals surface area contributed by atoms with E-state index in [9.17, 15) is 0 Å². The molecule has 1 aromatic heterocycles. The minimum absolute atomic E-state index is 0.179. The Morgan fingerprint density at radius 2 is 0.854 bits per heavy atom. The topological polar surface area (TPSA) is 38.7 Å². The second-order valence-electron chi connectivity index (χ2n) is 10.5. The van der Waals surface area contributed by atoms with Gasteiger partial charge < -0.3 is 0 Å². The number of aromatic nitrogens is 3. The molecule has 1 aliphatic carbocycles. The van der Waals surface area contributed by atoms with Gasteiger partial charge in [-0.3, -0.25) is 0 Å². The molecule has 1 atom stereocenters. The Hall–Kier alpha value is -5.41. The molecule has 7 aromatic rings. The molecular formula is C38H25N3. The maximum atomic E-state index is 4.91. The van der Waals surface area contributed by atoms with Gasteiger partial charge in [-0.05, 0) is 50.7 Å². The van der Waals surface area contributed by atoms with Crippen molar-refractivity contribution in [3.63, 3.8) is 0 Å². The van der Waals surface area contributed by atoms with Gasteiger partial charge in [-0.1, -0.05) is 133 Å². The van der Waals surface area contributed by atoms with Crippen molar-refractivity contribution in [3.8, 4) is 45.3 Å². The highest BCUT2D eigenvalue weighted by Crippen LogP contribution is 2.49. The van der Waals surface area contributed by atoms with Crippen LogP contribution in [0.4, 0.5) is 0 Å². The molecule has 8 rings (SSSR count). The molecule has 0 spiro atoms. The first kappa shape index (κ1) is 23.5. The van der Waals surface area contributed by atoms with Crippen LogP contribution >= 0.6 is 0 Å². The fourth-order valence-electron chi connectivity index (χ4n) is 6.01. The minimum atomic E-state index is 0.179. The van der Waals surface area contributed by atoms with Crippen LogP contribution < -0.4 is 0 Å². The van der Waals surface area contributed by atoms with Crippen LogP contribution in [-0.2, 0) is 0 Å². The average molecular weight is 524 g/mol. The van der Waals surface area contributed by atoms with E-state index in [1.54, 1.807) is 0 Å². The maximum absolute atomic E-state index is 4.91. The van der Waals surface area contributed by atoms with Crippen molar-refractivity contribution in [2.24, 2.45) is 0 Å². The summed E-state index contributed by atoms with van der Waals surface area (Å²) < 4.78 is 0. The lowest BCUT2D eigenvalue weighted by molar-refractivity contribution is 1.02. The zero-order valence-electron chi connectivity index (χ0n) is 22.3. The van der Waals surface area contributed by atoms with E-state index in [0.717, 1.165) is 16.7 Å². The van der Waals surface area contributed by atoms with Gasteiger partial charge in [0.25, 0.3) is 0 Å². The molecule has 0 saturated heterocycles. The highest BCUT2D eigenvalue weighted by molar-refractivity contribution is 5.93. The van der Waals surface area contributed by atoms with Crippen LogP contribution in [-0.4, -0.2) is 15.0 Å². The molecule has 1 unspecified atom stereocenters. The molecule has 3 nitrogen and oxygen atoms in total. The van der Waals surface area contributed by atoms with Crippen molar-refractivity contribution in [1.82, 2.24) is 15.0 Å². The Kier molecular flexibility index (Phi) is 5.53. The van der Waals surface area contributed by atoms with Gasteiger partial charge in [0.2, 0.25) is 0 Å². The standard InChI is InChI=1S/C38H25N3/c1-3-11-26(12-4-1)36-39-37(27-13-5-2-6-14-27)41-38(40-36)28-21-19-25(20-22-28)35-32-18-10-9-17-31(32)33-23-29-15-7-8-16-30(29)24-34(33)35/h1-24,35H. The molecule has 0 saturated carbocycles. The molecule has 0 fully saturated rings. The predicted molar refractivity (Wildman–Crippen MR) is 166 cm³/mol. The van der Waals surface area contributed by atoms with Crippen molar-refractivity contribution in [1.29, 1.82) is 0 Å². The van der Waals surface area contributed by atoms with E-state index in [-0.39, 0.29) is 5.92 Å². The van der Waals surface area contributed by atoms with E-state index in [1.807, 2.05) is 60.7 Å². The van der Waals surface area contributed by atoms with Crippen LogP contribution in [0, 0.1) is 0 Å². The van der Waals surface area contributed by atoms with Gasteiger partial charge in [0.1, 0.15) is 0 Å². The first-order valence-corrected chi connectivity index (χ1v) is 13.9. The number of nitrogens with zero attached hydrogens (tertiary/aromatic N) is 3. The molecule has 3 heteroatoms. The molecule has 192 valence electrons. The van der Waals surface area contributed by atoms with Crippen molar-refractivity contribution < 1.29 is 0 Å². The van der Waals surface area contributed by atoms with Crippen LogP contribution in [0.2, 0.25) is 0 Å². The van der Waals surface area contributed by atoms with Crippen molar-refractivity contribution in [2.45, 2.75) is 5.92 Å². The summed E-state index contributed by atoms with van der Waals surface area (Å²) in [6.07, 6.45) is 0. The lowest BCUT2D eigenvalue weighted by atomic mass is 9.88. The molecule has 0 radical (unpaired) electrons. The Morgan fingerprint density at radius 1 is 0.366 bits per heavy atom. The average Bonchev–Trinajstić information content (AvgIpc) is 3.37. The van der Waals surface area contributed by atoms with Crippen molar-refractivity contribution in [3.05, 3.63) is 162 Å². The smallest absolute Gasteiger partial charge is 0.164 e. The highest BCUT2D eigenvalue weighted by Gasteiger charge is 2.30. The Labute approximate surface area is 238 Å². The van der Waals surface area contributed by atoms with Gasteiger partial charge in [-0.2, -0.15) is 0 Å². The Bertz CT molecular complexity index is 1970. The predicted octanol–water partition coefficient (Wildman–Crippen LogP) is 9.19. The van der Waals surface area contributed by atoms with Gasteiger partial charge in [0.15, 0.2) is 17.5 Å². The summed E-state index contributed by atoms with van der Waals surface area (Å²) in [5.41, 5.74) is 9.52. The summed E-state index contributed by atoms with van der Waals surface area (Å²) >= 11 is 0. The van der Waals surface area contributed by atoms with E-state index in [2.05, 4.69) is 84.9 Å². The summed E-state index contributed by atoms with van der Waals surface area (Å²) in [5.74, 6) is 2.19. The van der Waals surface area contributed by atoms with Gasteiger partial charge in [-0.15, -0.1) is 0 Å². The van der Waals surface area contributed by atoms with Crippen LogP contribution in [0.3, 0.4) is 0 Å². The van der Waals surface area contributed by atoms with Gasteiger partial charge in [-0.25, -0.2) is 15.0 Å². The lowest BCUT2D eigenvalue weighted by Gasteiger charge is -2.16. The number of rotatable bonds is 4. The van der Waals surface area contributed by atoms with Crippen molar-refractivity contribution >= 4 is 10.8 Å². The zero-order chi connectivity index (χ0) is 27.2. The maximum Gasteiger partial charge on any atom is 0.164 e. The summed E-state index contributed by atoms with van der Waals surface area (Å²) in [7, 11) is 0. The van der Waals surface area contributed by atoms with Gasteiger partial charge in [0, 0.05) is 22.6 Å². The molecule has 1 heterocycles. The fraction of sp³-hybridized carbons (Fsp3) is 0.0263. The van der Waals surface area contributed by atoms with Gasteiger partial charge in [0.05, 0.1) is 0 Å². The molecule has 0 bridgehead atoms. The molecule has 0 N–H and O–H groups in total. The number of hydrogen-bond acceptors (Lipinski definition) is 3. The SMILES string of the molecule is c1ccc(-c2nc(-c3ccccc3)nc(-c3ccc(C4c5ccccc5-c5cc6ccccc6cc54)cc3)n2)cc1. The molecule has 41 heavy (non-hydrogen) atoms.